The van der Waals surface area contributed by atoms with Gasteiger partial charge < -0.3 is 14.4 Å². The molecule has 1 amide bonds. The molecule has 0 radical (unpaired) electrons. The number of thiophene rings is 1. The van der Waals surface area contributed by atoms with Gasteiger partial charge in [0.2, 0.25) is 0 Å². The van der Waals surface area contributed by atoms with Gasteiger partial charge in [0, 0.05) is 16.6 Å². The number of anilines is 1. The Bertz CT molecular complexity index is 1160. The van der Waals surface area contributed by atoms with Crippen LogP contribution in [0.25, 0.3) is 5.69 Å². The van der Waals surface area contributed by atoms with Crippen molar-refractivity contribution in [3.05, 3.63) is 76.7 Å². The van der Waals surface area contributed by atoms with E-state index in [9.17, 15) is 4.79 Å². The van der Waals surface area contributed by atoms with Crippen LogP contribution < -0.4 is 14.4 Å². The van der Waals surface area contributed by atoms with Gasteiger partial charge in [0.1, 0.15) is 19.5 Å². The third kappa shape index (κ3) is 3.50. The van der Waals surface area contributed by atoms with E-state index in [1.807, 2.05) is 53.9 Å². The molecule has 9 heteroatoms. The summed E-state index contributed by atoms with van der Waals surface area (Å²) >= 11 is 1.60. The number of para-hydroxylation sites is 1. The van der Waals surface area contributed by atoms with Gasteiger partial charge >= 0.3 is 0 Å². The van der Waals surface area contributed by atoms with Crippen molar-refractivity contribution in [2.75, 3.05) is 18.1 Å². The molecule has 1 aliphatic heterocycles. The summed E-state index contributed by atoms with van der Waals surface area (Å²) in [4.78, 5) is 16.5. The molecule has 150 valence electrons. The lowest BCUT2D eigenvalue weighted by Crippen LogP contribution is -2.31. The Morgan fingerprint density at radius 1 is 1.07 bits per heavy atom. The largest absolute Gasteiger partial charge is 0.486 e. The summed E-state index contributed by atoms with van der Waals surface area (Å²) in [5, 5.41) is 13.3. The van der Waals surface area contributed by atoms with Crippen LogP contribution in [0.3, 0.4) is 0 Å². The van der Waals surface area contributed by atoms with E-state index in [0.717, 1.165) is 10.6 Å². The van der Waals surface area contributed by atoms with Crippen LogP contribution in [0.1, 0.15) is 15.2 Å². The van der Waals surface area contributed by atoms with Gasteiger partial charge in [-0.3, -0.25) is 4.79 Å². The van der Waals surface area contributed by atoms with Crippen LogP contribution in [0.4, 0.5) is 5.69 Å². The maximum Gasteiger partial charge on any atom is 0.260 e. The fourth-order valence-electron chi connectivity index (χ4n) is 3.31. The monoisotopic (exact) mass is 419 g/mol. The highest BCUT2D eigenvalue weighted by Gasteiger charge is 2.24. The number of fused-ring (bicyclic) bond motifs is 1. The SMILES string of the molecule is O=C(c1ccccc1-n1cnnn1)N(Cc1cccs1)c1ccc2c(c1)OCCO2. The van der Waals surface area contributed by atoms with E-state index in [-0.39, 0.29) is 5.91 Å². The molecular weight excluding hydrogens is 402 g/mol. The van der Waals surface area contributed by atoms with Crippen LogP contribution in [0, 0.1) is 0 Å². The maximum absolute atomic E-state index is 13.7. The quantitative estimate of drug-likeness (QED) is 0.493. The van der Waals surface area contributed by atoms with Gasteiger partial charge in [-0.15, -0.1) is 16.4 Å². The Morgan fingerprint density at radius 2 is 1.93 bits per heavy atom. The minimum absolute atomic E-state index is 0.161. The molecule has 0 saturated carbocycles. The molecule has 3 heterocycles. The van der Waals surface area contributed by atoms with Crippen LogP contribution >= 0.6 is 11.3 Å². The highest BCUT2D eigenvalue weighted by Crippen LogP contribution is 2.35. The maximum atomic E-state index is 13.7. The smallest absolute Gasteiger partial charge is 0.260 e. The summed E-state index contributed by atoms with van der Waals surface area (Å²) in [7, 11) is 0. The predicted octanol–water partition coefficient (Wildman–Crippen LogP) is 3.34. The predicted molar refractivity (Wildman–Crippen MR) is 111 cm³/mol. The summed E-state index contributed by atoms with van der Waals surface area (Å²) in [6.07, 6.45) is 1.47. The lowest BCUT2D eigenvalue weighted by atomic mass is 10.1. The highest BCUT2D eigenvalue weighted by molar-refractivity contribution is 7.09. The summed E-state index contributed by atoms with van der Waals surface area (Å²) in [6, 6.07) is 16.8. The zero-order valence-corrected chi connectivity index (χ0v) is 16.7. The Kier molecular flexibility index (Phi) is 4.86. The fraction of sp³-hybridized carbons (Fsp3) is 0.143. The second-order valence-electron chi connectivity index (χ2n) is 6.57. The van der Waals surface area contributed by atoms with Gasteiger partial charge in [0.15, 0.2) is 11.5 Å². The second kappa shape index (κ2) is 7.96. The van der Waals surface area contributed by atoms with E-state index in [2.05, 4.69) is 15.5 Å². The number of tetrazole rings is 1. The minimum atomic E-state index is -0.161. The lowest BCUT2D eigenvalue weighted by molar-refractivity contribution is 0.0985. The standard InChI is InChI=1S/C21H17N5O3S/c27-21(17-5-1-2-6-18(17)26-14-22-23-24-26)25(13-16-4-3-11-30-16)15-7-8-19-20(12-15)29-10-9-28-19/h1-8,11-12,14H,9-10,13H2. The summed E-state index contributed by atoms with van der Waals surface area (Å²) < 4.78 is 12.8. The molecule has 0 unspecified atom stereocenters. The van der Waals surface area contributed by atoms with Crippen molar-refractivity contribution in [2.24, 2.45) is 0 Å². The van der Waals surface area contributed by atoms with E-state index >= 15 is 0 Å². The highest BCUT2D eigenvalue weighted by atomic mass is 32.1. The van der Waals surface area contributed by atoms with E-state index in [1.165, 1.54) is 11.0 Å². The molecule has 4 aromatic rings. The van der Waals surface area contributed by atoms with Crippen LogP contribution in [-0.4, -0.2) is 39.3 Å². The van der Waals surface area contributed by atoms with Crippen molar-refractivity contribution in [1.82, 2.24) is 20.2 Å². The molecule has 0 N–H and O–H groups in total. The number of benzene rings is 2. The Hall–Kier alpha value is -3.72. The number of aromatic nitrogens is 4. The molecule has 0 atom stereocenters. The van der Waals surface area contributed by atoms with E-state index in [1.54, 1.807) is 22.3 Å². The molecule has 0 bridgehead atoms. The number of rotatable bonds is 5. The first-order valence-corrected chi connectivity index (χ1v) is 10.2. The van der Waals surface area contributed by atoms with Crippen molar-refractivity contribution in [2.45, 2.75) is 6.54 Å². The Labute approximate surface area is 176 Å². The van der Waals surface area contributed by atoms with Gasteiger partial charge in [0.05, 0.1) is 17.8 Å². The van der Waals surface area contributed by atoms with Crippen molar-refractivity contribution in [1.29, 1.82) is 0 Å². The van der Waals surface area contributed by atoms with E-state index in [4.69, 9.17) is 9.47 Å². The molecule has 2 aromatic carbocycles. The van der Waals surface area contributed by atoms with Crippen LogP contribution in [0.15, 0.2) is 66.3 Å². The van der Waals surface area contributed by atoms with Crippen LogP contribution in [0.2, 0.25) is 0 Å². The number of carbonyl (C=O) groups is 1. The van der Waals surface area contributed by atoms with Gasteiger partial charge in [-0.2, -0.15) is 4.68 Å². The van der Waals surface area contributed by atoms with E-state index in [0.29, 0.717) is 42.5 Å². The van der Waals surface area contributed by atoms with Gasteiger partial charge in [-0.05, 0) is 46.1 Å². The first-order valence-electron chi connectivity index (χ1n) is 9.36. The number of amides is 1. The number of ether oxygens (including phenoxy) is 2. The first-order chi connectivity index (χ1) is 14.8. The van der Waals surface area contributed by atoms with Gasteiger partial charge in [-0.1, -0.05) is 18.2 Å². The third-order valence-electron chi connectivity index (χ3n) is 4.71. The average Bonchev–Trinajstić information content (AvgIpc) is 3.51. The first kappa shape index (κ1) is 18.3. The molecule has 0 aliphatic carbocycles. The summed E-state index contributed by atoms with van der Waals surface area (Å²) in [5.41, 5.74) is 1.83. The topological polar surface area (TPSA) is 82.4 Å². The second-order valence-corrected chi connectivity index (χ2v) is 7.60. The summed E-state index contributed by atoms with van der Waals surface area (Å²) in [5.74, 6) is 1.16. The normalized spacial score (nSPS) is 12.5. The molecule has 5 rings (SSSR count). The fourth-order valence-corrected chi connectivity index (χ4v) is 4.00. The molecular formula is C21H17N5O3S. The third-order valence-corrected chi connectivity index (χ3v) is 5.57. The number of hydrogen-bond donors (Lipinski definition) is 0. The van der Waals surface area contributed by atoms with Crippen LogP contribution in [-0.2, 0) is 6.54 Å². The van der Waals surface area contributed by atoms with Gasteiger partial charge in [-0.25, -0.2) is 0 Å². The summed E-state index contributed by atoms with van der Waals surface area (Å²) in [6.45, 7) is 1.43. The van der Waals surface area contributed by atoms with Crippen molar-refractivity contribution in [3.63, 3.8) is 0 Å². The zero-order valence-electron chi connectivity index (χ0n) is 15.8. The zero-order chi connectivity index (χ0) is 20.3. The molecule has 1 aliphatic rings. The van der Waals surface area contributed by atoms with Crippen LogP contribution in [0.5, 0.6) is 11.5 Å². The number of hydrogen-bond acceptors (Lipinski definition) is 7. The molecule has 0 fully saturated rings. The van der Waals surface area contributed by atoms with Crippen molar-refractivity contribution in [3.8, 4) is 17.2 Å². The number of nitrogens with zero attached hydrogens (tertiary/aromatic N) is 5. The Morgan fingerprint density at radius 3 is 2.73 bits per heavy atom. The average molecular weight is 419 g/mol. The van der Waals surface area contributed by atoms with Crippen molar-refractivity contribution >= 4 is 22.9 Å². The number of carbonyl (C=O) groups excluding carboxylic acids is 1. The molecule has 0 spiro atoms. The van der Waals surface area contributed by atoms with E-state index < -0.39 is 0 Å². The Balaban J connectivity index is 1.57. The van der Waals surface area contributed by atoms with Gasteiger partial charge in [0.25, 0.3) is 5.91 Å². The van der Waals surface area contributed by atoms with Crippen molar-refractivity contribution < 1.29 is 14.3 Å². The minimum Gasteiger partial charge on any atom is -0.486 e. The molecule has 2 aromatic heterocycles. The lowest BCUT2D eigenvalue weighted by Gasteiger charge is -2.26. The molecule has 0 saturated heterocycles. The molecule has 8 nitrogen and oxygen atoms in total. The molecule has 30 heavy (non-hydrogen) atoms.